The summed E-state index contributed by atoms with van der Waals surface area (Å²) in [6, 6.07) is 9.08. The standard InChI is InChI=1S/C11H11NO2/c1-8(5-11(13)14)10-4-2-3-9(6-10)7-12/h2-4,6,8H,5H2,1H3,(H,13,14)/t8-/m1/s1. The average Bonchev–Trinajstić information content (AvgIpc) is 2.17. The molecule has 3 heteroatoms. The third-order valence-electron chi connectivity index (χ3n) is 2.07. The van der Waals surface area contributed by atoms with Crippen molar-refractivity contribution in [1.29, 1.82) is 5.26 Å². The molecule has 1 aromatic rings. The van der Waals surface area contributed by atoms with Crippen LogP contribution in [0.4, 0.5) is 0 Å². The summed E-state index contributed by atoms with van der Waals surface area (Å²) in [7, 11) is 0. The minimum Gasteiger partial charge on any atom is -0.481 e. The third-order valence-corrected chi connectivity index (χ3v) is 2.07. The van der Waals surface area contributed by atoms with Crippen molar-refractivity contribution in [2.45, 2.75) is 19.3 Å². The van der Waals surface area contributed by atoms with Crippen LogP contribution in [-0.4, -0.2) is 11.1 Å². The van der Waals surface area contributed by atoms with Crippen LogP contribution in [0.3, 0.4) is 0 Å². The van der Waals surface area contributed by atoms with E-state index in [-0.39, 0.29) is 12.3 Å². The average molecular weight is 189 g/mol. The lowest BCUT2D eigenvalue weighted by molar-refractivity contribution is -0.137. The number of nitrogens with zero attached hydrogens (tertiary/aromatic N) is 1. The van der Waals surface area contributed by atoms with Crippen molar-refractivity contribution in [3.63, 3.8) is 0 Å². The number of nitriles is 1. The Hall–Kier alpha value is -1.82. The molecule has 0 heterocycles. The van der Waals surface area contributed by atoms with Gasteiger partial charge in [-0.15, -0.1) is 0 Å². The van der Waals surface area contributed by atoms with E-state index in [4.69, 9.17) is 10.4 Å². The molecular weight excluding hydrogens is 178 g/mol. The van der Waals surface area contributed by atoms with Gasteiger partial charge in [-0.1, -0.05) is 19.1 Å². The first-order chi connectivity index (χ1) is 6.63. The molecule has 0 amide bonds. The maximum Gasteiger partial charge on any atom is 0.303 e. The van der Waals surface area contributed by atoms with Crippen LogP contribution in [0.2, 0.25) is 0 Å². The number of carbonyl (C=O) groups is 1. The monoisotopic (exact) mass is 189 g/mol. The summed E-state index contributed by atoms with van der Waals surface area (Å²) in [6.07, 6.45) is 0.0921. The molecule has 0 fully saturated rings. The van der Waals surface area contributed by atoms with E-state index in [1.54, 1.807) is 18.2 Å². The Labute approximate surface area is 82.6 Å². The zero-order valence-electron chi connectivity index (χ0n) is 7.90. The van der Waals surface area contributed by atoms with Gasteiger partial charge < -0.3 is 5.11 Å². The summed E-state index contributed by atoms with van der Waals surface area (Å²) in [5.74, 6) is -0.874. The molecule has 0 unspecified atom stereocenters. The molecule has 0 aliphatic heterocycles. The van der Waals surface area contributed by atoms with Crippen LogP contribution >= 0.6 is 0 Å². The molecule has 0 spiro atoms. The van der Waals surface area contributed by atoms with E-state index in [9.17, 15) is 4.79 Å². The summed E-state index contributed by atoms with van der Waals surface area (Å²) in [5, 5.41) is 17.3. The Morgan fingerprint density at radius 1 is 1.64 bits per heavy atom. The van der Waals surface area contributed by atoms with Gasteiger partial charge in [0, 0.05) is 0 Å². The van der Waals surface area contributed by atoms with Crippen LogP contribution in [0.25, 0.3) is 0 Å². The molecule has 0 saturated carbocycles. The van der Waals surface area contributed by atoms with Crippen molar-refractivity contribution in [3.05, 3.63) is 35.4 Å². The Morgan fingerprint density at radius 2 is 2.36 bits per heavy atom. The molecule has 1 atom stereocenters. The normalized spacial score (nSPS) is 11.7. The van der Waals surface area contributed by atoms with Gasteiger partial charge in [-0.3, -0.25) is 4.79 Å². The Morgan fingerprint density at radius 3 is 2.93 bits per heavy atom. The maximum absolute atomic E-state index is 10.5. The van der Waals surface area contributed by atoms with Gasteiger partial charge in [0.2, 0.25) is 0 Å². The summed E-state index contributed by atoms with van der Waals surface area (Å²) >= 11 is 0. The summed E-state index contributed by atoms with van der Waals surface area (Å²) in [5.41, 5.74) is 1.46. The number of rotatable bonds is 3. The van der Waals surface area contributed by atoms with E-state index < -0.39 is 5.97 Å². The third kappa shape index (κ3) is 2.60. The predicted molar refractivity (Wildman–Crippen MR) is 51.8 cm³/mol. The van der Waals surface area contributed by atoms with Crippen LogP contribution in [0, 0.1) is 11.3 Å². The molecule has 1 rings (SSSR count). The van der Waals surface area contributed by atoms with E-state index in [0.717, 1.165) is 5.56 Å². The van der Waals surface area contributed by atoms with Crippen LogP contribution in [-0.2, 0) is 4.79 Å². The molecule has 0 aliphatic rings. The predicted octanol–water partition coefficient (Wildman–Crippen LogP) is 2.14. The van der Waals surface area contributed by atoms with Gasteiger partial charge >= 0.3 is 5.97 Å². The first-order valence-corrected chi connectivity index (χ1v) is 4.35. The topological polar surface area (TPSA) is 61.1 Å². The Bertz CT molecular complexity index is 379. The van der Waals surface area contributed by atoms with E-state index in [2.05, 4.69) is 0 Å². The van der Waals surface area contributed by atoms with E-state index in [0.29, 0.717) is 5.56 Å². The summed E-state index contributed by atoms with van der Waals surface area (Å²) < 4.78 is 0. The quantitative estimate of drug-likeness (QED) is 0.792. The van der Waals surface area contributed by atoms with Gasteiger partial charge in [0.25, 0.3) is 0 Å². The SMILES string of the molecule is C[C@H](CC(=O)O)c1cccc(C#N)c1. The zero-order chi connectivity index (χ0) is 10.6. The molecule has 0 saturated heterocycles. The van der Waals surface area contributed by atoms with Crippen molar-refractivity contribution in [3.8, 4) is 6.07 Å². The van der Waals surface area contributed by atoms with Crippen LogP contribution in [0.5, 0.6) is 0 Å². The van der Waals surface area contributed by atoms with E-state index >= 15 is 0 Å². The highest BCUT2D eigenvalue weighted by atomic mass is 16.4. The number of aliphatic carboxylic acids is 1. The smallest absolute Gasteiger partial charge is 0.303 e. The zero-order valence-corrected chi connectivity index (χ0v) is 7.90. The van der Waals surface area contributed by atoms with Crippen molar-refractivity contribution in [2.75, 3.05) is 0 Å². The number of benzene rings is 1. The van der Waals surface area contributed by atoms with Gasteiger partial charge in [-0.25, -0.2) is 0 Å². The fourth-order valence-electron chi connectivity index (χ4n) is 1.29. The number of hydrogen-bond donors (Lipinski definition) is 1. The van der Waals surface area contributed by atoms with E-state index in [1.165, 1.54) is 0 Å². The first-order valence-electron chi connectivity index (χ1n) is 4.35. The lowest BCUT2D eigenvalue weighted by atomic mass is 9.96. The second kappa shape index (κ2) is 4.43. The fourth-order valence-corrected chi connectivity index (χ4v) is 1.29. The molecule has 14 heavy (non-hydrogen) atoms. The molecular formula is C11H11NO2. The highest BCUT2D eigenvalue weighted by Crippen LogP contribution is 2.19. The van der Waals surface area contributed by atoms with Crippen LogP contribution in [0.15, 0.2) is 24.3 Å². The van der Waals surface area contributed by atoms with Gasteiger partial charge in [0.15, 0.2) is 0 Å². The number of carboxylic acids is 1. The highest BCUT2D eigenvalue weighted by Gasteiger charge is 2.09. The largest absolute Gasteiger partial charge is 0.481 e. The number of hydrogen-bond acceptors (Lipinski definition) is 2. The van der Waals surface area contributed by atoms with Crippen molar-refractivity contribution < 1.29 is 9.90 Å². The van der Waals surface area contributed by atoms with Gasteiger partial charge in [-0.05, 0) is 23.6 Å². The second-order valence-electron chi connectivity index (χ2n) is 3.24. The summed E-state index contributed by atoms with van der Waals surface area (Å²) in [6.45, 7) is 1.84. The molecule has 0 bridgehead atoms. The lowest BCUT2D eigenvalue weighted by Gasteiger charge is -2.08. The second-order valence-corrected chi connectivity index (χ2v) is 3.24. The van der Waals surface area contributed by atoms with Gasteiger partial charge in [0.1, 0.15) is 0 Å². The Kier molecular flexibility index (Phi) is 3.24. The summed E-state index contributed by atoms with van der Waals surface area (Å²) in [4.78, 5) is 10.5. The molecule has 72 valence electrons. The molecule has 0 aromatic heterocycles. The maximum atomic E-state index is 10.5. The lowest BCUT2D eigenvalue weighted by Crippen LogP contribution is -2.02. The van der Waals surface area contributed by atoms with Gasteiger partial charge in [0.05, 0.1) is 18.1 Å². The minimum atomic E-state index is -0.820. The Balaban J connectivity index is 2.85. The van der Waals surface area contributed by atoms with Crippen LogP contribution < -0.4 is 0 Å². The molecule has 0 radical (unpaired) electrons. The molecule has 1 N–H and O–H groups in total. The highest BCUT2D eigenvalue weighted by molar-refractivity contribution is 5.68. The number of carboxylic acid groups (broad SMARTS) is 1. The minimum absolute atomic E-state index is 0.0548. The fraction of sp³-hybridized carbons (Fsp3) is 0.273. The first kappa shape index (κ1) is 10.3. The van der Waals surface area contributed by atoms with Crippen molar-refractivity contribution in [2.24, 2.45) is 0 Å². The molecule has 3 nitrogen and oxygen atoms in total. The molecule has 0 aliphatic carbocycles. The molecule has 1 aromatic carbocycles. The van der Waals surface area contributed by atoms with Crippen molar-refractivity contribution in [1.82, 2.24) is 0 Å². The van der Waals surface area contributed by atoms with E-state index in [1.807, 2.05) is 19.1 Å². The van der Waals surface area contributed by atoms with Crippen LogP contribution in [0.1, 0.15) is 30.4 Å². The van der Waals surface area contributed by atoms with Gasteiger partial charge in [-0.2, -0.15) is 5.26 Å². The van der Waals surface area contributed by atoms with Crippen molar-refractivity contribution >= 4 is 5.97 Å².